The van der Waals surface area contributed by atoms with Gasteiger partial charge in [-0.25, -0.2) is 4.98 Å². The van der Waals surface area contributed by atoms with Gasteiger partial charge < -0.3 is 15.0 Å². The van der Waals surface area contributed by atoms with Gasteiger partial charge in [0.15, 0.2) is 6.61 Å². The Balaban J connectivity index is 1.67. The van der Waals surface area contributed by atoms with Crippen molar-refractivity contribution in [2.75, 3.05) is 6.61 Å². The summed E-state index contributed by atoms with van der Waals surface area (Å²) in [6, 6.07) is 11.5. The number of benzene rings is 1. The fourth-order valence-corrected chi connectivity index (χ4v) is 3.18. The van der Waals surface area contributed by atoms with E-state index in [1.54, 1.807) is 4.90 Å². The van der Waals surface area contributed by atoms with E-state index in [-0.39, 0.29) is 23.9 Å². The molecule has 0 radical (unpaired) electrons. The fraction of sp³-hybridized carbons (Fsp3) is 0.350. The molecule has 154 valence electrons. The van der Waals surface area contributed by atoms with Gasteiger partial charge in [0.2, 0.25) is 11.8 Å². The number of aromatic nitrogens is 1. The maximum atomic E-state index is 12.6. The molecule has 1 saturated heterocycles. The minimum Gasteiger partial charge on any atom is -0.467 e. The van der Waals surface area contributed by atoms with E-state index in [0.717, 1.165) is 5.56 Å². The van der Waals surface area contributed by atoms with Gasteiger partial charge in [0.1, 0.15) is 5.56 Å². The molecule has 1 aromatic carbocycles. The van der Waals surface area contributed by atoms with Crippen molar-refractivity contribution in [2.45, 2.75) is 38.1 Å². The van der Waals surface area contributed by atoms with Crippen LogP contribution in [0, 0.1) is 0 Å². The van der Waals surface area contributed by atoms with Gasteiger partial charge in [-0.15, -0.1) is 0 Å². The van der Waals surface area contributed by atoms with Crippen LogP contribution < -0.4 is 10.1 Å². The first-order chi connectivity index (χ1) is 13.7. The van der Waals surface area contributed by atoms with Crippen LogP contribution in [0.2, 0.25) is 0 Å². The molecule has 0 bridgehead atoms. The van der Waals surface area contributed by atoms with Crippen LogP contribution in [0.3, 0.4) is 0 Å². The molecule has 2 heterocycles. The van der Waals surface area contributed by atoms with Crippen molar-refractivity contribution in [3.8, 4) is 5.88 Å². The van der Waals surface area contributed by atoms with Crippen molar-refractivity contribution in [3.63, 3.8) is 0 Å². The summed E-state index contributed by atoms with van der Waals surface area (Å²) in [5.41, 5.74) is 0.854. The van der Waals surface area contributed by atoms with Gasteiger partial charge in [0, 0.05) is 25.2 Å². The van der Waals surface area contributed by atoms with Gasteiger partial charge in [-0.05, 0) is 24.6 Å². The summed E-state index contributed by atoms with van der Waals surface area (Å²) in [5.74, 6) is -1.15. The van der Waals surface area contributed by atoms with E-state index in [0.29, 0.717) is 6.54 Å². The number of carbonyl (C=O) groups is 2. The minimum atomic E-state index is -4.55. The van der Waals surface area contributed by atoms with Crippen LogP contribution in [0.1, 0.15) is 29.3 Å². The summed E-state index contributed by atoms with van der Waals surface area (Å²) in [7, 11) is 0. The highest BCUT2D eigenvalue weighted by atomic mass is 19.4. The normalized spacial score (nSPS) is 19.3. The molecule has 0 unspecified atom stereocenters. The van der Waals surface area contributed by atoms with Crippen molar-refractivity contribution in [3.05, 3.63) is 59.8 Å². The number of rotatable bonds is 6. The maximum Gasteiger partial charge on any atom is 0.422 e. The van der Waals surface area contributed by atoms with Crippen LogP contribution in [0.4, 0.5) is 13.2 Å². The van der Waals surface area contributed by atoms with Gasteiger partial charge in [-0.3, -0.25) is 9.59 Å². The van der Waals surface area contributed by atoms with E-state index < -0.39 is 30.6 Å². The molecule has 29 heavy (non-hydrogen) atoms. The van der Waals surface area contributed by atoms with Gasteiger partial charge in [0.05, 0.1) is 6.04 Å². The first-order valence-corrected chi connectivity index (χ1v) is 9.03. The summed E-state index contributed by atoms with van der Waals surface area (Å²) >= 11 is 0. The minimum absolute atomic E-state index is 0.105. The zero-order chi connectivity index (χ0) is 21.0. The number of nitrogens with one attached hydrogen (secondary N) is 1. The summed E-state index contributed by atoms with van der Waals surface area (Å²) in [5, 5.41) is 2.73. The molecule has 1 fully saturated rings. The number of ether oxygens (including phenoxy) is 1. The number of pyridine rings is 1. The zero-order valence-corrected chi connectivity index (χ0v) is 15.6. The van der Waals surface area contributed by atoms with E-state index in [1.807, 2.05) is 37.3 Å². The molecule has 6 nitrogen and oxygen atoms in total. The molecule has 0 saturated carbocycles. The molecule has 1 aromatic heterocycles. The topological polar surface area (TPSA) is 71.5 Å². The first-order valence-electron chi connectivity index (χ1n) is 9.03. The van der Waals surface area contributed by atoms with Gasteiger partial charge in [-0.2, -0.15) is 13.2 Å². The summed E-state index contributed by atoms with van der Waals surface area (Å²) < 4.78 is 41.9. The summed E-state index contributed by atoms with van der Waals surface area (Å²) in [6.45, 7) is 0.691. The Morgan fingerprint density at radius 2 is 1.97 bits per heavy atom. The standard InChI is InChI=1S/C20H20F3N3O3/c1-13-16(10-17(27)26(13)11-14-6-3-2-4-7-14)25-18(28)15-8-5-9-24-19(15)29-12-20(21,22)23/h2-9,13,16H,10-12H2,1H3,(H,25,28)/t13-,16+/m0/s1. The van der Waals surface area contributed by atoms with Crippen LogP contribution in [0.25, 0.3) is 0 Å². The Kier molecular flexibility index (Phi) is 6.05. The van der Waals surface area contributed by atoms with E-state index in [9.17, 15) is 22.8 Å². The van der Waals surface area contributed by atoms with Crippen molar-refractivity contribution in [1.82, 2.24) is 15.2 Å². The Morgan fingerprint density at radius 1 is 1.24 bits per heavy atom. The van der Waals surface area contributed by atoms with Crippen LogP contribution >= 0.6 is 0 Å². The lowest BCUT2D eigenvalue weighted by atomic mass is 10.1. The number of hydrogen-bond donors (Lipinski definition) is 1. The highest BCUT2D eigenvalue weighted by Gasteiger charge is 2.38. The smallest absolute Gasteiger partial charge is 0.422 e. The van der Waals surface area contributed by atoms with Gasteiger partial charge in [-0.1, -0.05) is 30.3 Å². The quantitative estimate of drug-likeness (QED) is 0.799. The second-order valence-corrected chi connectivity index (χ2v) is 6.79. The lowest BCUT2D eigenvalue weighted by Gasteiger charge is -2.25. The number of hydrogen-bond acceptors (Lipinski definition) is 4. The van der Waals surface area contributed by atoms with E-state index in [4.69, 9.17) is 0 Å². The predicted octanol–water partition coefficient (Wildman–Crippen LogP) is 2.94. The van der Waals surface area contributed by atoms with Gasteiger partial charge in [0.25, 0.3) is 5.91 Å². The van der Waals surface area contributed by atoms with Crippen molar-refractivity contribution in [1.29, 1.82) is 0 Å². The van der Waals surface area contributed by atoms with Crippen LogP contribution in [-0.2, 0) is 11.3 Å². The number of likely N-dealkylation sites (tertiary alicyclic amines) is 1. The molecular formula is C20H20F3N3O3. The molecule has 2 aromatic rings. The summed E-state index contributed by atoms with van der Waals surface area (Å²) in [4.78, 5) is 30.4. The lowest BCUT2D eigenvalue weighted by Crippen LogP contribution is -2.43. The average Bonchev–Trinajstić information content (AvgIpc) is 2.94. The van der Waals surface area contributed by atoms with Crippen molar-refractivity contribution < 1.29 is 27.5 Å². The molecular weight excluding hydrogens is 387 g/mol. The Morgan fingerprint density at radius 3 is 2.66 bits per heavy atom. The highest BCUT2D eigenvalue weighted by molar-refractivity contribution is 5.97. The Bertz CT molecular complexity index is 874. The van der Waals surface area contributed by atoms with Crippen molar-refractivity contribution in [2.24, 2.45) is 0 Å². The average molecular weight is 407 g/mol. The molecule has 1 N–H and O–H groups in total. The number of nitrogens with zero attached hydrogens (tertiary/aromatic N) is 2. The second-order valence-electron chi connectivity index (χ2n) is 6.79. The predicted molar refractivity (Wildman–Crippen MR) is 98.1 cm³/mol. The summed E-state index contributed by atoms with van der Waals surface area (Å²) in [6.07, 6.45) is -3.19. The zero-order valence-electron chi connectivity index (χ0n) is 15.6. The van der Waals surface area contributed by atoms with Crippen molar-refractivity contribution >= 4 is 11.8 Å². The van der Waals surface area contributed by atoms with E-state index >= 15 is 0 Å². The number of amides is 2. The third-order valence-electron chi connectivity index (χ3n) is 4.69. The molecule has 0 spiro atoms. The third kappa shape index (κ3) is 5.24. The fourth-order valence-electron chi connectivity index (χ4n) is 3.18. The van der Waals surface area contributed by atoms with Crippen LogP contribution in [-0.4, -0.2) is 46.6 Å². The number of alkyl halides is 3. The monoisotopic (exact) mass is 407 g/mol. The van der Waals surface area contributed by atoms with E-state index in [1.165, 1.54) is 18.3 Å². The number of carbonyl (C=O) groups excluding carboxylic acids is 2. The SMILES string of the molecule is C[C@H]1[C@H](NC(=O)c2cccnc2OCC(F)(F)F)CC(=O)N1Cc1ccccc1. The third-order valence-corrected chi connectivity index (χ3v) is 4.69. The maximum absolute atomic E-state index is 12.6. The number of halogens is 3. The lowest BCUT2D eigenvalue weighted by molar-refractivity contribution is -0.154. The van der Waals surface area contributed by atoms with Gasteiger partial charge >= 0.3 is 6.18 Å². The molecule has 2 amide bonds. The Hall–Kier alpha value is -3.10. The Labute approximate surface area is 165 Å². The molecule has 9 heteroatoms. The molecule has 1 aliphatic rings. The molecule has 1 aliphatic heterocycles. The van der Waals surface area contributed by atoms with Crippen LogP contribution in [0.5, 0.6) is 5.88 Å². The van der Waals surface area contributed by atoms with E-state index in [2.05, 4.69) is 15.0 Å². The highest BCUT2D eigenvalue weighted by Crippen LogP contribution is 2.24. The van der Waals surface area contributed by atoms with Crippen LogP contribution in [0.15, 0.2) is 48.7 Å². The molecule has 3 rings (SSSR count). The second kappa shape index (κ2) is 8.50. The molecule has 2 atom stereocenters. The first kappa shape index (κ1) is 20.6. The largest absolute Gasteiger partial charge is 0.467 e. The molecule has 0 aliphatic carbocycles.